The Bertz CT molecular complexity index is 328. The second-order valence-corrected chi connectivity index (χ2v) is 5.33. The topological polar surface area (TPSA) is 69.6 Å². The number of hydrogen-bond acceptors (Lipinski definition) is 3. The predicted octanol–water partition coefficient (Wildman–Crippen LogP) is 0.0285. The molecular weight excluding hydrogens is 220 g/mol. The van der Waals surface area contributed by atoms with Crippen LogP contribution in [-0.4, -0.2) is 46.6 Å². The summed E-state index contributed by atoms with van der Waals surface area (Å²) in [6, 6.07) is -0.342. The summed E-state index contributed by atoms with van der Waals surface area (Å²) in [6.45, 7) is 3.08. The number of rotatable bonds is 1. The number of aliphatic hydroxyl groups is 1. The summed E-state index contributed by atoms with van der Waals surface area (Å²) in [5.74, 6) is -0.0290. The molecule has 2 rings (SSSR count). The summed E-state index contributed by atoms with van der Waals surface area (Å²) >= 11 is 0. The van der Waals surface area contributed by atoms with Gasteiger partial charge >= 0.3 is 0 Å². The van der Waals surface area contributed by atoms with E-state index in [1.54, 1.807) is 4.90 Å². The van der Waals surface area contributed by atoms with Crippen molar-refractivity contribution in [2.24, 2.45) is 0 Å². The van der Waals surface area contributed by atoms with Crippen LogP contribution in [0.1, 0.15) is 39.0 Å². The molecule has 0 radical (unpaired) electrons. The van der Waals surface area contributed by atoms with E-state index in [0.717, 1.165) is 12.8 Å². The number of nitrogens with zero attached hydrogens (tertiary/aromatic N) is 1. The van der Waals surface area contributed by atoms with Crippen molar-refractivity contribution in [1.29, 1.82) is 0 Å². The number of nitrogens with one attached hydrogen (secondary N) is 1. The van der Waals surface area contributed by atoms with Gasteiger partial charge in [-0.05, 0) is 32.6 Å². The molecule has 2 aliphatic rings. The van der Waals surface area contributed by atoms with E-state index in [-0.39, 0.29) is 17.9 Å². The van der Waals surface area contributed by atoms with E-state index < -0.39 is 5.60 Å². The van der Waals surface area contributed by atoms with E-state index in [0.29, 0.717) is 32.4 Å². The molecule has 0 aromatic carbocycles. The average Bonchev–Trinajstić information content (AvgIpc) is 2.60. The Morgan fingerprint density at radius 3 is 2.88 bits per heavy atom. The van der Waals surface area contributed by atoms with Crippen LogP contribution in [0, 0.1) is 0 Å². The molecule has 2 heterocycles. The van der Waals surface area contributed by atoms with Gasteiger partial charge < -0.3 is 15.3 Å². The lowest BCUT2D eigenvalue weighted by Crippen LogP contribution is -2.45. The molecule has 5 heteroatoms. The van der Waals surface area contributed by atoms with E-state index in [1.165, 1.54) is 0 Å². The molecule has 2 amide bonds. The number of carbonyl (C=O) groups is 2. The summed E-state index contributed by atoms with van der Waals surface area (Å²) in [4.78, 5) is 25.0. The van der Waals surface area contributed by atoms with Crippen molar-refractivity contribution in [2.75, 3.05) is 13.1 Å². The molecule has 0 saturated carbocycles. The lowest BCUT2D eigenvalue weighted by Gasteiger charge is -2.24. The number of amides is 2. The Balaban J connectivity index is 1.93. The summed E-state index contributed by atoms with van der Waals surface area (Å²) in [7, 11) is 0. The SMILES string of the molecule is CC1(O)CCCN(C(=O)[C@H]2CCC(=O)N2)CC1. The molecule has 0 aromatic heterocycles. The Hall–Kier alpha value is -1.10. The Morgan fingerprint density at radius 1 is 1.47 bits per heavy atom. The largest absolute Gasteiger partial charge is 0.390 e. The maximum atomic E-state index is 12.1. The van der Waals surface area contributed by atoms with Crippen LogP contribution in [0.3, 0.4) is 0 Å². The van der Waals surface area contributed by atoms with E-state index in [2.05, 4.69) is 5.32 Å². The Labute approximate surface area is 101 Å². The quantitative estimate of drug-likeness (QED) is 0.679. The Morgan fingerprint density at radius 2 is 2.24 bits per heavy atom. The van der Waals surface area contributed by atoms with Gasteiger partial charge in [0.05, 0.1) is 5.60 Å². The summed E-state index contributed by atoms with van der Waals surface area (Å²) in [5, 5.41) is 12.7. The average molecular weight is 240 g/mol. The monoisotopic (exact) mass is 240 g/mol. The van der Waals surface area contributed by atoms with Crippen molar-refractivity contribution in [3.8, 4) is 0 Å². The first-order valence-electron chi connectivity index (χ1n) is 6.28. The maximum Gasteiger partial charge on any atom is 0.245 e. The van der Waals surface area contributed by atoms with Gasteiger partial charge in [-0.1, -0.05) is 0 Å². The third kappa shape index (κ3) is 2.97. The van der Waals surface area contributed by atoms with Crippen molar-refractivity contribution in [1.82, 2.24) is 10.2 Å². The minimum atomic E-state index is -0.659. The first-order chi connectivity index (χ1) is 7.98. The molecule has 2 aliphatic heterocycles. The van der Waals surface area contributed by atoms with Gasteiger partial charge in [0.1, 0.15) is 6.04 Å². The van der Waals surface area contributed by atoms with Gasteiger partial charge in [0.15, 0.2) is 0 Å². The van der Waals surface area contributed by atoms with Crippen molar-refractivity contribution < 1.29 is 14.7 Å². The fourth-order valence-electron chi connectivity index (χ4n) is 2.50. The highest BCUT2D eigenvalue weighted by Gasteiger charge is 2.33. The minimum Gasteiger partial charge on any atom is -0.390 e. The smallest absolute Gasteiger partial charge is 0.245 e. The predicted molar refractivity (Wildman–Crippen MR) is 62.2 cm³/mol. The highest BCUT2D eigenvalue weighted by molar-refractivity contribution is 5.90. The molecule has 0 aromatic rings. The van der Waals surface area contributed by atoms with Gasteiger partial charge in [0.25, 0.3) is 0 Å². The second-order valence-electron chi connectivity index (χ2n) is 5.33. The fourth-order valence-corrected chi connectivity index (χ4v) is 2.50. The van der Waals surface area contributed by atoms with Crippen LogP contribution in [0.2, 0.25) is 0 Å². The van der Waals surface area contributed by atoms with Crippen LogP contribution in [0.25, 0.3) is 0 Å². The van der Waals surface area contributed by atoms with E-state index >= 15 is 0 Å². The van der Waals surface area contributed by atoms with Crippen molar-refractivity contribution in [3.05, 3.63) is 0 Å². The second kappa shape index (κ2) is 4.64. The molecule has 2 atom stereocenters. The summed E-state index contributed by atoms with van der Waals surface area (Å²) in [5.41, 5.74) is -0.659. The van der Waals surface area contributed by atoms with Crippen LogP contribution < -0.4 is 5.32 Å². The summed E-state index contributed by atoms with van der Waals surface area (Å²) < 4.78 is 0. The van der Waals surface area contributed by atoms with Crippen molar-refractivity contribution in [3.63, 3.8) is 0 Å². The molecule has 0 aliphatic carbocycles. The normalized spacial score (nSPS) is 34.4. The molecule has 1 unspecified atom stereocenters. The molecule has 96 valence electrons. The van der Waals surface area contributed by atoms with Gasteiger partial charge in [-0.15, -0.1) is 0 Å². The van der Waals surface area contributed by atoms with Gasteiger partial charge in [0, 0.05) is 19.5 Å². The van der Waals surface area contributed by atoms with E-state index in [4.69, 9.17) is 0 Å². The molecule has 2 saturated heterocycles. The molecule has 0 spiro atoms. The van der Waals surface area contributed by atoms with Crippen molar-refractivity contribution >= 4 is 11.8 Å². The lowest BCUT2D eigenvalue weighted by molar-refractivity contribution is -0.134. The Kier molecular flexibility index (Phi) is 3.38. The number of carbonyl (C=O) groups excluding carboxylic acids is 2. The fraction of sp³-hybridized carbons (Fsp3) is 0.833. The highest BCUT2D eigenvalue weighted by Crippen LogP contribution is 2.22. The van der Waals surface area contributed by atoms with Gasteiger partial charge in [-0.25, -0.2) is 0 Å². The van der Waals surface area contributed by atoms with E-state index in [9.17, 15) is 14.7 Å². The molecule has 0 bridgehead atoms. The third-order valence-electron chi connectivity index (χ3n) is 3.67. The van der Waals surface area contributed by atoms with Gasteiger partial charge in [0.2, 0.25) is 11.8 Å². The highest BCUT2D eigenvalue weighted by atomic mass is 16.3. The molecular formula is C12H20N2O3. The standard InChI is InChI=1S/C12H20N2O3/c1-12(17)5-2-7-14(8-6-12)11(16)9-3-4-10(15)13-9/h9,17H,2-8H2,1H3,(H,13,15)/t9-,12?/m1/s1. The van der Waals surface area contributed by atoms with E-state index in [1.807, 2.05) is 6.92 Å². The van der Waals surface area contributed by atoms with Crippen LogP contribution in [0.15, 0.2) is 0 Å². The molecule has 2 fully saturated rings. The maximum absolute atomic E-state index is 12.1. The van der Waals surface area contributed by atoms with Crippen LogP contribution in [0.5, 0.6) is 0 Å². The van der Waals surface area contributed by atoms with Crippen molar-refractivity contribution in [2.45, 2.75) is 50.7 Å². The first-order valence-corrected chi connectivity index (χ1v) is 6.28. The van der Waals surface area contributed by atoms with Crippen LogP contribution in [0.4, 0.5) is 0 Å². The summed E-state index contributed by atoms with van der Waals surface area (Å²) in [6.07, 6.45) is 3.21. The molecule has 5 nitrogen and oxygen atoms in total. The minimum absolute atomic E-state index is 0.00792. The number of likely N-dealkylation sites (tertiary alicyclic amines) is 1. The van der Waals surface area contributed by atoms with Crippen LogP contribution in [-0.2, 0) is 9.59 Å². The number of hydrogen-bond donors (Lipinski definition) is 2. The first kappa shape index (κ1) is 12.4. The van der Waals surface area contributed by atoms with Gasteiger partial charge in [-0.3, -0.25) is 9.59 Å². The third-order valence-corrected chi connectivity index (χ3v) is 3.67. The lowest BCUT2D eigenvalue weighted by atomic mass is 9.98. The van der Waals surface area contributed by atoms with Crippen LogP contribution >= 0.6 is 0 Å². The zero-order valence-corrected chi connectivity index (χ0v) is 10.2. The molecule has 2 N–H and O–H groups in total. The molecule has 17 heavy (non-hydrogen) atoms. The zero-order chi connectivity index (χ0) is 12.5. The zero-order valence-electron chi connectivity index (χ0n) is 10.2. The van der Waals surface area contributed by atoms with Gasteiger partial charge in [-0.2, -0.15) is 0 Å².